The Hall–Kier alpha value is -1.22. The molecule has 14 heavy (non-hydrogen) atoms. The van der Waals surface area contributed by atoms with Gasteiger partial charge in [0.05, 0.1) is 6.42 Å². The molecule has 0 aromatic heterocycles. The van der Waals surface area contributed by atoms with Crippen LogP contribution in [0.5, 0.6) is 0 Å². The maximum Gasteiger partial charge on any atom is 0.304 e. The van der Waals surface area contributed by atoms with Crippen LogP contribution in [0.15, 0.2) is 36.4 Å². The SMILES string of the molecule is O=C(O)CC(S)C=Cc1ccccc1. The van der Waals surface area contributed by atoms with Crippen molar-refractivity contribution in [1.82, 2.24) is 0 Å². The van der Waals surface area contributed by atoms with E-state index in [9.17, 15) is 4.79 Å². The van der Waals surface area contributed by atoms with E-state index in [1.54, 1.807) is 6.08 Å². The van der Waals surface area contributed by atoms with Crippen molar-refractivity contribution in [3.63, 3.8) is 0 Å². The standard InChI is InChI=1S/C11H12O2S/c12-11(13)8-10(14)7-6-9-4-2-1-3-5-9/h1-7,10,14H,8H2,(H,12,13). The molecule has 1 unspecified atom stereocenters. The van der Waals surface area contributed by atoms with E-state index in [0.29, 0.717) is 0 Å². The lowest BCUT2D eigenvalue weighted by molar-refractivity contribution is -0.136. The summed E-state index contributed by atoms with van der Waals surface area (Å²) in [6.07, 6.45) is 3.71. The second-order valence-corrected chi connectivity index (χ2v) is 3.60. The smallest absolute Gasteiger partial charge is 0.304 e. The number of aliphatic carboxylic acids is 1. The average molecular weight is 208 g/mol. The number of benzene rings is 1. The maximum absolute atomic E-state index is 10.3. The van der Waals surface area contributed by atoms with Gasteiger partial charge in [-0.05, 0) is 5.56 Å². The summed E-state index contributed by atoms with van der Waals surface area (Å²) in [6, 6.07) is 9.72. The van der Waals surface area contributed by atoms with E-state index in [0.717, 1.165) is 5.56 Å². The minimum absolute atomic E-state index is 0.0481. The van der Waals surface area contributed by atoms with Gasteiger partial charge in [0.15, 0.2) is 0 Å². The highest BCUT2D eigenvalue weighted by atomic mass is 32.1. The third-order valence-corrected chi connectivity index (χ3v) is 2.05. The third kappa shape index (κ3) is 4.14. The van der Waals surface area contributed by atoms with Gasteiger partial charge in [-0.3, -0.25) is 4.79 Å². The van der Waals surface area contributed by atoms with Crippen molar-refractivity contribution < 1.29 is 9.90 Å². The highest BCUT2D eigenvalue weighted by molar-refractivity contribution is 7.81. The number of carboxylic acids is 1. The molecule has 0 aliphatic rings. The zero-order valence-corrected chi connectivity index (χ0v) is 8.52. The summed E-state index contributed by atoms with van der Waals surface area (Å²) in [5.74, 6) is -0.831. The van der Waals surface area contributed by atoms with Crippen molar-refractivity contribution in [3.8, 4) is 0 Å². The fourth-order valence-electron chi connectivity index (χ4n) is 1.03. The van der Waals surface area contributed by atoms with E-state index >= 15 is 0 Å². The third-order valence-electron chi connectivity index (χ3n) is 1.69. The average Bonchev–Trinajstić information content (AvgIpc) is 2.15. The lowest BCUT2D eigenvalue weighted by Gasteiger charge is -1.99. The second-order valence-electron chi connectivity index (χ2n) is 2.94. The van der Waals surface area contributed by atoms with Crippen LogP contribution < -0.4 is 0 Å². The first kappa shape index (κ1) is 10.9. The molecule has 0 radical (unpaired) electrons. The van der Waals surface area contributed by atoms with Gasteiger partial charge in [0.2, 0.25) is 0 Å². The lowest BCUT2D eigenvalue weighted by Crippen LogP contribution is -2.03. The largest absolute Gasteiger partial charge is 0.481 e. The van der Waals surface area contributed by atoms with Crippen molar-refractivity contribution in [3.05, 3.63) is 42.0 Å². The van der Waals surface area contributed by atoms with Crippen molar-refractivity contribution in [2.24, 2.45) is 0 Å². The zero-order chi connectivity index (χ0) is 10.4. The summed E-state index contributed by atoms with van der Waals surface area (Å²) in [5.41, 5.74) is 1.05. The van der Waals surface area contributed by atoms with E-state index in [1.165, 1.54) is 0 Å². The molecular weight excluding hydrogens is 196 g/mol. The molecule has 0 bridgehead atoms. The minimum Gasteiger partial charge on any atom is -0.481 e. The summed E-state index contributed by atoms with van der Waals surface area (Å²) in [5, 5.41) is 8.27. The summed E-state index contributed by atoms with van der Waals surface area (Å²) in [7, 11) is 0. The molecule has 0 spiro atoms. The predicted octanol–water partition coefficient (Wildman–Crippen LogP) is 2.47. The van der Waals surface area contributed by atoms with Crippen LogP contribution in [0.3, 0.4) is 0 Å². The molecule has 0 aliphatic carbocycles. The van der Waals surface area contributed by atoms with Crippen LogP contribution in [0, 0.1) is 0 Å². The first-order valence-corrected chi connectivity index (χ1v) is 4.83. The van der Waals surface area contributed by atoms with Crippen molar-refractivity contribution in [2.75, 3.05) is 0 Å². The lowest BCUT2D eigenvalue weighted by atomic mass is 10.2. The molecule has 74 valence electrons. The molecule has 0 heterocycles. The van der Waals surface area contributed by atoms with Gasteiger partial charge in [0, 0.05) is 5.25 Å². The predicted molar refractivity (Wildman–Crippen MR) is 60.5 cm³/mol. The van der Waals surface area contributed by atoms with Crippen LogP contribution in [0.2, 0.25) is 0 Å². The Morgan fingerprint density at radius 2 is 2.07 bits per heavy atom. The molecule has 1 atom stereocenters. The first-order chi connectivity index (χ1) is 6.68. The van der Waals surface area contributed by atoms with Crippen molar-refractivity contribution in [2.45, 2.75) is 11.7 Å². The molecule has 0 saturated carbocycles. The molecule has 3 heteroatoms. The summed E-state index contributed by atoms with van der Waals surface area (Å²) in [4.78, 5) is 10.3. The first-order valence-electron chi connectivity index (χ1n) is 4.31. The molecule has 1 aromatic carbocycles. The zero-order valence-electron chi connectivity index (χ0n) is 7.63. The van der Waals surface area contributed by atoms with Crippen molar-refractivity contribution in [1.29, 1.82) is 0 Å². The summed E-state index contributed by atoms with van der Waals surface area (Å²) < 4.78 is 0. The van der Waals surface area contributed by atoms with Crippen LogP contribution in [-0.2, 0) is 4.79 Å². The maximum atomic E-state index is 10.3. The molecule has 0 amide bonds. The molecule has 2 nitrogen and oxygen atoms in total. The number of hydrogen-bond acceptors (Lipinski definition) is 2. The Morgan fingerprint density at radius 1 is 1.43 bits per heavy atom. The molecule has 0 fully saturated rings. The molecule has 0 aliphatic heterocycles. The van der Waals surface area contributed by atoms with Gasteiger partial charge in [-0.25, -0.2) is 0 Å². The van der Waals surface area contributed by atoms with Gasteiger partial charge in [-0.15, -0.1) is 0 Å². The molecule has 1 rings (SSSR count). The fourth-order valence-corrected chi connectivity index (χ4v) is 1.28. The highest BCUT2D eigenvalue weighted by Crippen LogP contribution is 2.07. The van der Waals surface area contributed by atoms with E-state index in [-0.39, 0.29) is 11.7 Å². The van der Waals surface area contributed by atoms with Crippen LogP contribution in [0.25, 0.3) is 6.08 Å². The van der Waals surface area contributed by atoms with Gasteiger partial charge in [-0.1, -0.05) is 42.5 Å². The van der Waals surface area contributed by atoms with E-state index in [4.69, 9.17) is 5.11 Å². The highest BCUT2D eigenvalue weighted by Gasteiger charge is 2.03. The molecule has 0 saturated heterocycles. The van der Waals surface area contributed by atoms with Crippen LogP contribution in [0.1, 0.15) is 12.0 Å². The van der Waals surface area contributed by atoms with E-state index in [2.05, 4.69) is 12.6 Å². The van der Waals surface area contributed by atoms with E-state index in [1.807, 2.05) is 36.4 Å². The van der Waals surface area contributed by atoms with Gasteiger partial charge in [0.25, 0.3) is 0 Å². The monoisotopic (exact) mass is 208 g/mol. The van der Waals surface area contributed by atoms with Crippen LogP contribution >= 0.6 is 12.6 Å². The second kappa shape index (κ2) is 5.50. The fraction of sp³-hybridized carbons (Fsp3) is 0.182. The van der Waals surface area contributed by atoms with Gasteiger partial charge >= 0.3 is 5.97 Å². The van der Waals surface area contributed by atoms with Gasteiger partial charge < -0.3 is 5.11 Å². The number of rotatable bonds is 4. The Bertz CT molecular complexity index is 319. The Kier molecular flexibility index (Phi) is 4.26. The van der Waals surface area contributed by atoms with Crippen LogP contribution in [0.4, 0.5) is 0 Å². The number of carboxylic acid groups (broad SMARTS) is 1. The number of thiol groups is 1. The minimum atomic E-state index is -0.831. The molecule has 1 aromatic rings. The normalized spacial score (nSPS) is 12.9. The van der Waals surface area contributed by atoms with Crippen LogP contribution in [-0.4, -0.2) is 16.3 Å². The Labute approximate surface area is 88.7 Å². The van der Waals surface area contributed by atoms with Crippen molar-refractivity contribution >= 4 is 24.7 Å². The van der Waals surface area contributed by atoms with E-state index < -0.39 is 5.97 Å². The summed E-state index contributed by atoms with van der Waals surface area (Å²) in [6.45, 7) is 0. The Balaban J connectivity index is 2.52. The number of carbonyl (C=O) groups is 1. The van der Waals surface area contributed by atoms with Gasteiger partial charge in [-0.2, -0.15) is 12.6 Å². The molecule has 1 N–H and O–H groups in total. The van der Waals surface area contributed by atoms with Gasteiger partial charge in [0.1, 0.15) is 0 Å². The number of hydrogen-bond donors (Lipinski definition) is 2. The Morgan fingerprint density at radius 3 is 2.64 bits per heavy atom. The quantitative estimate of drug-likeness (QED) is 0.746. The molecular formula is C11H12O2S. The topological polar surface area (TPSA) is 37.3 Å². The summed E-state index contributed by atoms with van der Waals surface area (Å²) >= 11 is 4.13.